The Morgan fingerprint density at radius 3 is 2.58 bits per heavy atom. The van der Waals surface area contributed by atoms with Gasteiger partial charge in [-0.3, -0.25) is 0 Å². The molecule has 1 atom stereocenters. The minimum Gasteiger partial charge on any atom is -0.473 e. The highest BCUT2D eigenvalue weighted by Crippen LogP contribution is 2.12. The average Bonchev–Trinajstić information content (AvgIpc) is 2.39. The summed E-state index contributed by atoms with van der Waals surface area (Å²) in [6.45, 7) is 4.06. The molecule has 0 bridgehead atoms. The molecule has 0 saturated carbocycles. The van der Waals surface area contributed by atoms with Crippen LogP contribution < -0.4 is 15.4 Å². The van der Waals surface area contributed by atoms with Crippen molar-refractivity contribution in [3.8, 4) is 5.75 Å². The van der Waals surface area contributed by atoms with Crippen LogP contribution in [-0.4, -0.2) is 30.5 Å². The third-order valence-corrected chi connectivity index (χ3v) is 2.49. The van der Waals surface area contributed by atoms with Crippen LogP contribution in [0.25, 0.3) is 0 Å². The molecule has 3 N–H and O–H groups in total. The maximum Gasteiger partial charge on any atom is 0.317 e. The van der Waals surface area contributed by atoms with Crippen LogP contribution in [0, 0.1) is 0 Å². The average molecular weight is 266 g/mol. The molecule has 0 radical (unpaired) electrons. The molecule has 0 aliphatic carbocycles. The zero-order valence-corrected chi connectivity index (χ0v) is 11.5. The summed E-state index contributed by atoms with van der Waals surface area (Å²) in [6.07, 6.45) is 1.61. The summed E-state index contributed by atoms with van der Waals surface area (Å²) < 4.78 is 5.38. The summed E-state index contributed by atoms with van der Waals surface area (Å²) in [6, 6.07) is 7.46. The van der Waals surface area contributed by atoms with Crippen LogP contribution in [0.4, 0.5) is 4.79 Å². The van der Waals surface area contributed by atoms with Crippen molar-refractivity contribution in [3.63, 3.8) is 0 Å². The molecule has 5 heteroatoms. The first-order valence-electron chi connectivity index (χ1n) is 6.53. The van der Waals surface area contributed by atoms with Crippen molar-refractivity contribution in [2.75, 3.05) is 13.3 Å². The van der Waals surface area contributed by atoms with Gasteiger partial charge in [0.05, 0.1) is 6.10 Å². The number of ether oxygens (including phenoxy) is 1. The first kappa shape index (κ1) is 15.3. The van der Waals surface area contributed by atoms with Crippen molar-refractivity contribution in [2.24, 2.45) is 0 Å². The zero-order valence-electron chi connectivity index (χ0n) is 11.5. The highest BCUT2D eigenvalue weighted by molar-refractivity contribution is 5.73. The fraction of sp³-hybridized carbons (Fsp3) is 0.500. The third-order valence-electron chi connectivity index (χ3n) is 2.49. The second-order valence-corrected chi connectivity index (χ2v) is 4.42. The molecule has 0 saturated heterocycles. The van der Waals surface area contributed by atoms with Gasteiger partial charge >= 0.3 is 6.03 Å². The number of aryl methyl sites for hydroxylation is 1. The predicted octanol–water partition coefficient (Wildman–Crippen LogP) is 1.66. The normalized spacial score (nSPS) is 11.7. The van der Waals surface area contributed by atoms with Gasteiger partial charge in [0.25, 0.3) is 0 Å². The number of benzene rings is 1. The molecule has 0 aromatic heterocycles. The summed E-state index contributed by atoms with van der Waals surface area (Å²) in [5, 5.41) is 14.1. The Labute approximate surface area is 114 Å². The Balaban J connectivity index is 2.23. The van der Waals surface area contributed by atoms with E-state index in [9.17, 15) is 4.79 Å². The molecule has 0 aliphatic rings. The van der Waals surface area contributed by atoms with Gasteiger partial charge in [0.1, 0.15) is 5.75 Å². The largest absolute Gasteiger partial charge is 0.473 e. The number of urea groups is 1. The van der Waals surface area contributed by atoms with Crippen LogP contribution in [0.2, 0.25) is 0 Å². The molecule has 0 spiro atoms. The van der Waals surface area contributed by atoms with Crippen molar-refractivity contribution < 1.29 is 14.6 Å². The van der Waals surface area contributed by atoms with Crippen molar-refractivity contribution in [3.05, 3.63) is 29.8 Å². The van der Waals surface area contributed by atoms with Crippen LogP contribution in [0.3, 0.4) is 0 Å². The van der Waals surface area contributed by atoms with Gasteiger partial charge in [-0.1, -0.05) is 25.5 Å². The first-order chi connectivity index (χ1) is 9.11. The van der Waals surface area contributed by atoms with Crippen molar-refractivity contribution in [2.45, 2.75) is 32.8 Å². The number of hydrogen-bond donors (Lipinski definition) is 3. The number of amides is 2. The maximum atomic E-state index is 11.3. The summed E-state index contributed by atoms with van der Waals surface area (Å²) >= 11 is 0. The highest BCUT2D eigenvalue weighted by Gasteiger charge is 2.01. The van der Waals surface area contributed by atoms with E-state index in [0.717, 1.165) is 18.6 Å². The topological polar surface area (TPSA) is 70.6 Å². The molecule has 106 valence electrons. The summed E-state index contributed by atoms with van der Waals surface area (Å²) in [5.74, 6) is 0.718. The lowest BCUT2D eigenvalue weighted by atomic mass is 10.1. The minimum atomic E-state index is -0.558. The number of aliphatic hydroxyl groups excluding tert-OH is 1. The van der Waals surface area contributed by atoms with E-state index in [1.54, 1.807) is 6.92 Å². The van der Waals surface area contributed by atoms with Crippen LogP contribution >= 0.6 is 0 Å². The van der Waals surface area contributed by atoms with E-state index < -0.39 is 6.10 Å². The molecule has 1 unspecified atom stereocenters. The molecule has 0 heterocycles. The van der Waals surface area contributed by atoms with Gasteiger partial charge in [0.2, 0.25) is 0 Å². The summed E-state index contributed by atoms with van der Waals surface area (Å²) in [4.78, 5) is 11.3. The van der Waals surface area contributed by atoms with Gasteiger partial charge in [-0.05, 0) is 31.0 Å². The zero-order chi connectivity index (χ0) is 14.1. The van der Waals surface area contributed by atoms with Gasteiger partial charge < -0.3 is 20.5 Å². The summed E-state index contributed by atoms with van der Waals surface area (Å²) in [5.41, 5.74) is 1.28. The second-order valence-electron chi connectivity index (χ2n) is 4.42. The molecular weight excluding hydrogens is 244 g/mol. The van der Waals surface area contributed by atoms with Crippen LogP contribution in [0.15, 0.2) is 24.3 Å². The Hall–Kier alpha value is -1.75. The van der Waals surface area contributed by atoms with E-state index in [-0.39, 0.29) is 19.3 Å². The monoisotopic (exact) mass is 266 g/mol. The van der Waals surface area contributed by atoms with E-state index in [4.69, 9.17) is 9.84 Å². The predicted molar refractivity (Wildman–Crippen MR) is 74.1 cm³/mol. The molecule has 19 heavy (non-hydrogen) atoms. The van der Waals surface area contributed by atoms with Crippen LogP contribution in [0.5, 0.6) is 5.75 Å². The second kappa shape index (κ2) is 8.37. The quantitative estimate of drug-likeness (QED) is 0.657. The first-order valence-corrected chi connectivity index (χ1v) is 6.53. The van der Waals surface area contributed by atoms with E-state index in [1.807, 2.05) is 24.3 Å². The number of carbonyl (C=O) groups excluding carboxylic acids is 1. The Morgan fingerprint density at radius 2 is 2.00 bits per heavy atom. The highest BCUT2D eigenvalue weighted by atomic mass is 16.5. The number of nitrogens with one attached hydrogen (secondary N) is 2. The van der Waals surface area contributed by atoms with Gasteiger partial charge in [-0.25, -0.2) is 4.79 Å². The Bertz CT molecular complexity index is 377. The fourth-order valence-electron chi connectivity index (χ4n) is 1.53. The Morgan fingerprint density at radius 1 is 1.32 bits per heavy atom. The lowest BCUT2D eigenvalue weighted by Crippen LogP contribution is -2.40. The van der Waals surface area contributed by atoms with Gasteiger partial charge in [-0.2, -0.15) is 0 Å². The van der Waals surface area contributed by atoms with Crippen molar-refractivity contribution in [1.82, 2.24) is 10.6 Å². The molecule has 1 aromatic carbocycles. The Kier molecular flexibility index (Phi) is 6.74. The van der Waals surface area contributed by atoms with Gasteiger partial charge in [0.15, 0.2) is 6.73 Å². The minimum absolute atomic E-state index is 0.0960. The standard InChI is InChI=1S/C14H22N2O3/c1-3-4-12-5-7-13(8-6-12)19-10-16-14(18)15-9-11(2)17/h5-8,11,17H,3-4,9-10H2,1-2H3,(H2,15,16,18). The van der Waals surface area contributed by atoms with Crippen molar-refractivity contribution >= 4 is 6.03 Å². The van der Waals surface area contributed by atoms with E-state index in [2.05, 4.69) is 17.6 Å². The van der Waals surface area contributed by atoms with E-state index in [1.165, 1.54) is 5.56 Å². The molecule has 0 fully saturated rings. The lowest BCUT2D eigenvalue weighted by molar-refractivity contribution is 0.184. The smallest absolute Gasteiger partial charge is 0.317 e. The number of rotatable bonds is 7. The SMILES string of the molecule is CCCc1ccc(OCNC(=O)NCC(C)O)cc1. The number of hydrogen-bond acceptors (Lipinski definition) is 3. The fourth-order valence-corrected chi connectivity index (χ4v) is 1.53. The van der Waals surface area contributed by atoms with E-state index in [0.29, 0.717) is 0 Å². The van der Waals surface area contributed by atoms with Crippen molar-refractivity contribution in [1.29, 1.82) is 0 Å². The van der Waals surface area contributed by atoms with Crippen LogP contribution in [-0.2, 0) is 6.42 Å². The summed E-state index contributed by atoms with van der Waals surface area (Å²) in [7, 11) is 0. The lowest BCUT2D eigenvalue weighted by Gasteiger charge is -2.10. The third kappa shape index (κ3) is 6.67. The molecule has 5 nitrogen and oxygen atoms in total. The van der Waals surface area contributed by atoms with Gasteiger partial charge in [-0.15, -0.1) is 0 Å². The molecule has 2 amide bonds. The molecular formula is C14H22N2O3. The maximum absolute atomic E-state index is 11.3. The molecule has 0 aliphatic heterocycles. The number of aliphatic hydroxyl groups is 1. The molecule has 1 rings (SSSR count). The van der Waals surface area contributed by atoms with E-state index >= 15 is 0 Å². The van der Waals surface area contributed by atoms with Crippen LogP contribution in [0.1, 0.15) is 25.8 Å². The number of carbonyl (C=O) groups is 1. The van der Waals surface area contributed by atoms with Gasteiger partial charge in [0, 0.05) is 6.54 Å². The molecule has 1 aromatic rings.